The molecule has 0 amide bonds. The van der Waals surface area contributed by atoms with Crippen molar-refractivity contribution in [3.8, 4) is 33.4 Å². The summed E-state index contributed by atoms with van der Waals surface area (Å²) in [7, 11) is 0. The van der Waals surface area contributed by atoms with E-state index in [2.05, 4.69) is 208 Å². The summed E-state index contributed by atoms with van der Waals surface area (Å²) >= 11 is 1.90. The van der Waals surface area contributed by atoms with Gasteiger partial charge in [0.1, 0.15) is 0 Å². The van der Waals surface area contributed by atoms with Gasteiger partial charge in [-0.2, -0.15) is 0 Å². The Bertz CT molecular complexity index is 2940. The van der Waals surface area contributed by atoms with E-state index in [-0.39, 0.29) is 10.8 Å². The summed E-state index contributed by atoms with van der Waals surface area (Å²) in [6.07, 6.45) is 0. The lowest BCUT2D eigenvalue weighted by atomic mass is 9.73. The Morgan fingerprint density at radius 3 is 1.67 bits per heavy atom. The molecule has 0 bridgehead atoms. The number of benzene rings is 8. The predicted octanol–water partition coefficient (Wildman–Crippen LogP) is 14.8. The molecule has 0 aliphatic heterocycles. The highest BCUT2D eigenvalue weighted by Gasteiger charge is 2.42. The predicted molar refractivity (Wildman–Crippen MR) is 234 cm³/mol. The third-order valence-electron chi connectivity index (χ3n) is 12.5. The third kappa shape index (κ3) is 4.65. The van der Waals surface area contributed by atoms with Crippen LogP contribution in [-0.2, 0) is 10.8 Å². The largest absolute Gasteiger partial charge is 0.310 e. The lowest BCUT2D eigenvalue weighted by molar-refractivity contribution is 0.660. The number of thiophene rings is 1. The van der Waals surface area contributed by atoms with Crippen LogP contribution in [0, 0.1) is 0 Å². The average Bonchev–Trinajstić information content (AvgIpc) is 3.82. The molecule has 9 aromatic rings. The molecule has 2 heteroatoms. The highest BCUT2D eigenvalue weighted by molar-refractivity contribution is 7.25. The fourth-order valence-electron chi connectivity index (χ4n) is 9.85. The van der Waals surface area contributed by atoms with Gasteiger partial charge in [0.2, 0.25) is 0 Å². The standard InChI is InChI=1S/C53H39NS/c1-52(2)44-22-10-7-19-39(44)42-29-27-37(32-48(42)52)54(36-18-13-17-35(31-36)34-15-5-4-6-16-34)38-28-30-43-50(33-38)55-49-26-14-25-47(51(43)49)53(3)45-23-11-8-20-40(45)41-21-9-12-24-46(41)53/h4-33H,1-3H3. The zero-order valence-corrected chi connectivity index (χ0v) is 32.0. The van der Waals surface area contributed by atoms with Gasteiger partial charge >= 0.3 is 0 Å². The van der Waals surface area contributed by atoms with Gasteiger partial charge in [-0.1, -0.05) is 153 Å². The van der Waals surface area contributed by atoms with E-state index in [4.69, 9.17) is 0 Å². The van der Waals surface area contributed by atoms with Crippen molar-refractivity contribution in [2.75, 3.05) is 4.90 Å². The molecule has 2 aliphatic carbocycles. The number of anilines is 3. The second-order valence-electron chi connectivity index (χ2n) is 15.8. The summed E-state index contributed by atoms with van der Waals surface area (Å²) in [4.78, 5) is 2.46. The molecule has 1 nitrogen and oxygen atoms in total. The van der Waals surface area contributed by atoms with Crippen molar-refractivity contribution in [1.82, 2.24) is 0 Å². The summed E-state index contributed by atoms with van der Waals surface area (Å²) < 4.78 is 2.61. The summed E-state index contributed by atoms with van der Waals surface area (Å²) in [5.74, 6) is 0. The van der Waals surface area contributed by atoms with Gasteiger partial charge in [0.15, 0.2) is 0 Å². The van der Waals surface area contributed by atoms with Gasteiger partial charge in [-0.25, -0.2) is 0 Å². The molecule has 0 unspecified atom stereocenters. The Balaban J connectivity index is 1.11. The highest BCUT2D eigenvalue weighted by atomic mass is 32.1. The minimum absolute atomic E-state index is 0.0983. The molecular weight excluding hydrogens is 683 g/mol. The normalized spacial score (nSPS) is 14.4. The summed E-state index contributed by atoms with van der Waals surface area (Å²) in [6, 6.07) is 67.8. The maximum atomic E-state index is 2.46. The topological polar surface area (TPSA) is 3.24 Å². The number of fused-ring (bicyclic) bond motifs is 9. The van der Waals surface area contributed by atoms with Gasteiger partial charge in [-0.3, -0.25) is 0 Å². The molecule has 55 heavy (non-hydrogen) atoms. The fourth-order valence-corrected chi connectivity index (χ4v) is 11.0. The second-order valence-corrected chi connectivity index (χ2v) is 16.9. The van der Waals surface area contributed by atoms with E-state index < -0.39 is 0 Å². The van der Waals surface area contributed by atoms with Gasteiger partial charge in [-0.15, -0.1) is 11.3 Å². The Labute approximate surface area is 326 Å². The van der Waals surface area contributed by atoms with Crippen LogP contribution in [0.2, 0.25) is 0 Å². The van der Waals surface area contributed by atoms with E-state index in [9.17, 15) is 0 Å². The molecule has 1 aromatic heterocycles. The first kappa shape index (κ1) is 32.2. The molecule has 8 aromatic carbocycles. The summed E-state index contributed by atoms with van der Waals surface area (Å²) in [5, 5.41) is 2.67. The zero-order chi connectivity index (χ0) is 36.9. The van der Waals surface area contributed by atoms with Gasteiger partial charge < -0.3 is 4.90 Å². The molecule has 0 saturated carbocycles. The Hall–Kier alpha value is -6.22. The molecule has 262 valence electrons. The molecule has 11 rings (SSSR count). The maximum Gasteiger partial charge on any atom is 0.0476 e. The van der Waals surface area contributed by atoms with Crippen LogP contribution in [0.15, 0.2) is 182 Å². The Kier molecular flexibility index (Phi) is 6.97. The van der Waals surface area contributed by atoms with Crippen LogP contribution in [0.5, 0.6) is 0 Å². The monoisotopic (exact) mass is 721 g/mol. The van der Waals surface area contributed by atoms with Crippen LogP contribution in [0.1, 0.15) is 48.6 Å². The lowest BCUT2D eigenvalue weighted by Gasteiger charge is -2.29. The van der Waals surface area contributed by atoms with Gasteiger partial charge in [0, 0.05) is 48.1 Å². The van der Waals surface area contributed by atoms with Crippen LogP contribution >= 0.6 is 11.3 Å². The smallest absolute Gasteiger partial charge is 0.0476 e. The molecule has 2 aliphatic rings. The molecular formula is C53H39NS. The maximum absolute atomic E-state index is 2.46. The van der Waals surface area contributed by atoms with Crippen LogP contribution in [0.25, 0.3) is 53.6 Å². The quantitative estimate of drug-likeness (QED) is 0.171. The SMILES string of the molecule is CC1(C)c2ccccc2-c2ccc(N(c3cccc(-c4ccccc4)c3)c3ccc4c(c3)sc3cccc(C5(C)c6ccccc6-c6ccccc65)c34)cc21. The lowest BCUT2D eigenvalue weighted by Crippen LogP contribution is -2.22. The fraction of sp³-hybridized carbons (Fsp3) is 0.0943. The van der Waals surface area contributed by atoms with E-state index in [1.165, 1.54) is 81.4 Å². The first-order valence-electron chi connectivity index (χ1n) is 19.3. The summed E-state index contributed by atoms with van der Waals surface area (Å²) in [5.41, 5.74) is 17.8. The number of hydrogen-bond acceptors (Lipinski definition) is 2. The Morgan fingerprint density at radius 1 is 0.382 bits per heavy atom. The van der Waals surface area contributed by atoms with Crippen molar-refractivity contribution in [1.29, 1.82) is 0 Å². The van der Waals surface area contributed by atoms with Crippen molar-refractivity contribution in [2.24, 2.45) is 0 Å². The number of rotatable bonds is 5. The summed E-state index contributed by atoms with van der Waals surface area (Å²) in [6.45, 7) is 7.16. The van der Waals surface area contributed by atoms with E-state index in [1.54, 1.807) is 0 Å². The Morgan fingerprint density at radius 2 is 0.927 bits per heavy atom. The molecule has 0 radical (unpaired) electrons. The molecule has 0 saturated heterocycles. The molecule has 0 fully saturated rings. The highest BCUT2D eigenvalue weighted by Crippen LogP contribution is 2.55. The van der Waals surface area contributed by atoms with E-state index in [0.29, 0.717) is 0 Å². The first-order valence-corrected chi connectivity index (χ1v) is 20.1. The van der Waals surface area contributed by atoms with E-state index in [1.807, 2.05) is 11.3 Å². The van der Waals surface area contributed by atoms with E-state index >= 15 is 0 Å². The number of nitrogens with zero attached hydrogens (tertiary/aromatic N) is 1. The van der Waals surface area contributed by atoms with Crippen molar-refractivity contribution in [2.45, 2.75) is 31.6 Å². The van der Waals surface area contributed by atoms with Crippen molar-refractivity contribution in [3.63, 3.8) is 0 Å². The molecule has 0 N–H and O–H groups in total. The first-order chi connectivity index (χ1) is 26.9. The van der Waals surface area contributed by atoms with Crippen LogP contribution in [0.3, 0.4) is 0 Å². The van der Waals surface area contributed by atoms with Gasteiger partial charge in [0.25, 0.3) is 0 Å². The van der Waals surface area contributed by atoms with Crippen molar-refractivity contribution >= 4 is 48.6 Å². The minimum atomic E-state index is -0.266. The molecule has 0 spiro atoms. The van der Waals surface area contributed by atoms with Crippen molar-refractivity contribution in [3.05, 3.63) is 210 Å². The average molecular weight is 722 g/mol. The molecule has 1 heterocycles. The van der Waals surface area contributed by atoms with E-state index in [0.717, 1.165) is 17.1 Å². The van der Waals surface area contributed by atoms with Crippen LogP contribution in [0.4, 0.5) is 17.1 Å². The van der Waals surface area contributed by atoms with Crippen molar-refractivity contribution < 1.29 is 0 Å². The zero-order valence-electron chi connectivity index (χ0n) is 31.2. The van der Waals surface area contributed by atoms with Gasteiger partial charge in [-0.05, 0) is 111 Å². The third-order valence-corrected chi connectivity index (χ3v) is 13.7. The van der Waals surface area contributed by atoms with Crippen LogP contribution in [-0.4, -0.2) is 0 Å². The molecule has 0 atom stereocenters. The van der Waals surface area contributed by atoms with Gasteiger partial charge in [0.05, 0.1) is 0 Å². The minimum Gasteiger partial charge on any atom is -0.310 e. The number of hydrogen-bond donors (Lipinski definition) is 0. The second kappa shape index (κ2) is 11.9. The van der Waals surface area contributed by atoms with Crippen LogP contribution < -0.4 is 4.90 Å².